The largest absolute Gasteiger partial charge is 0.396 e. The van der Waals surface area contributed by atoms with Gasteiger partial charge in [-0.3, -0.25) is 9.69 Å². The maximum absolute atomic E-state index is 13.1. The number of amides is 1. The first-order valence-corrected chi connectivity index (χ1v) is 7.35. The fraction of sp³-hybridized carbons (Fsp3) is 0.562. The van der Waals surface area contributed by atoms with Crippen LogP contribution in [0.2, 0.25) is 0 Å². The first-order valence-electron chi connectivity index (χ1n) is 7.35. The van der Waals surface area contributed by atoms with Gasteiger partial charge < -0.3 is 11.1 Å². The van der Waals surface area contributed by atoms with Gasteiger partial charge in [-0.1, -0.05) is 27.7 Å². The Labute approximate surface area is 126 Å². The number of hydrogen-bond donors (Lipinski definition) is 2. The number of nitrogens with zero attached hydrogens (tertiary/aromatic N) is 1. The number of nitrogens with one attached hydrogen (secondary N) is 1. The van der Waals surface area contributed by atoms with Gasteiger partial charge in [-0.2, -0.15) is 0 Å². The number of rotatable bonds is 7. The zero-order valence-electron chi connectivity index (χ0n) is 13.3. The summed E-state index contributed by atoms with van der Waals surface area (Å²) in [6.45, 7) is 10.6. The van der Waals surface area contributed by atoms with Crippen LogP contribution in [0.3, 0.4) is 0 Å². The van der Waals surface area contributed by atoms with Crippen molar-refractivity contribution in [3.05, 3.63) is 24.0 Å². The maximum Gasteiger partial charge on any atom is 0.238 e. The lowest BCUT2D eigenvalue weighted by Gasteiger charge is -2.25. The highest BCUT2D eigenvalue weighted by Crippen LogP contribution is 2.16. The molecule has 0 spiro atoms. The average Bonchev–Trinajstić information content (AvgIpc) is 2.31. The van der Waals surface area contributed by atoms with Gasteiger partial charge in [-0.05, 0) is 30.0 Å². The summed E-state index contributed by atoms with van der Waals surface area (Å²) < 4.78 is 13.1. The molecule has 0 radical (unpaired) electrons. The molecule has 1 aromatic rings. The van der Waals surface area contributed by atoms with E-state index < -0.39 is 5.82 Å². The van der Waals surface area contributed by atoms with Crippen LogP contribution >= 0.6 is 0 Å². The average molecular weight is 295 g/mol. The zero-order valence-corrected chi connectivity index (χ0v) is 13.3. The van der Waals surface area contributed by atoms with Crippen LogP contribution in [0.5, 0.6) is 0 Å². The maximum atomic E-state index is 13.1. The Balaban J connectivity index is 2.61. The van der Waals surface area contributed by atoms with Crippen molar-refractivity contribution in [2.24, 2.45) is 11.8 Å². The number of hydrogen-bond acceptors (Lipinski definition) is 3. The third kappa shape index (κ3) is 6.58. The summed E-state index contributed by atoms with van der Waals surface area (Å²) >= 11 is 0. The van der Waals surface area contributed by atoms with Crippen LogP contribution in [-0.2, 0) is 4.79 Å². The van der Waals surface area contributed by atoms with Crippen LogP contribution in [0.1, 0.15) is 27.7 Å². The molecule has 4 nitrogen and oxygen atoms in total. The van der Waals surface area contributed by atoms with Gasteiger partial charge in [0.05, 0.1) is 12.2 Å². The Bertz CT molecular complexity index is 465. The van der Waals surface area contributed by atoms with Crippen LogP contribution in [0, 0.1) is 17.7 Å². The van der Waals surface area contributed by atoms with Crippen molar-refractivity contribution in [2.45, 2.75) is 27.7 Å². The van der Waals surface area contributed by atoms with E-state index in [1.54, 1.807) is 0 Å². The second-order valence-electron chi connectivity index (χ2n) is 6.27. The minimum absolute atomic E-state index is 0.0361. The number of nitrogens with two attached hydrogens (primary N) is 1. The molecule has 5 heteroatoms. The van der Waals surface area contributed by atoms with Crippen molar-refractivity contribution in [3.63, 3.8) is 0 Å². The molecule has 0 aromatic heterocycles. The summed E-state index contributed by atoms with van der Waals surface area (Å²) in [6.07, 6.45) is 0. The molecule has 0 heterocycles. The molecule has 0 aliphatic rings. The van der Waals surface area contributed by atoms with Crippen molar-refractivity contribution in [1.82, 2.24) is 4.90 Å². The topological polar surface area (TPSA) is 58.4 Å². The van der Waals surface area contributed by atoms with Crippen LogP contribution in [0.25, 0.3) is 0 Å². The summed E-state index contributed by atoms with van der Waals surface area (Å²) in [5.41, 5.74) is 6.05. The molecule has 0 aliphatic heterocycles. The summed E-state index contributed by atoms with van der Waals surface area (Å²) in [6, 6.07) is 4.20. The van der Waals surface area contributed by atoms with E-state index in [-0.39, 0.29) is 11.6 Å². The minimum Gasteiger partial charge on any atom is -0.396 e. The Kier molecular flexibility index (Phi) is 6.62. The molecule has 118 valence electrons. The molecular formula is C16H26FN3O. The lowest BCUT2D eigenvalue weighted by atomic mass is 10.1. The van der Waals surface area contributed by atoms with E-state index in [0.29, 0.717) is 24.1 Å². The van der Waals surface area contributed by atoms with Crippen LogP contribution < -0.4 is 11.1 Å². The predicted molar refractivity (Wildman–Crippen MR) is 85.6 cm³/mol. The normalized spacial score (nSPS) is 11.4. The second-order valence-corrected chi connectivity index (χ2v) is 6.27. The number of anilines is 2. The Hall–Kier alpha value is -1.62. The summed E-state index contributed by atoms with van der Waals surface area (Å²) in [4.78, 5) is 14.2. The van der Waals surface area contributed by atoms with Gasteiger partial charge in [0.2, 0.25) is 5.91 Å². The molecule has 21 heavy (non-hydrogen) atoms. The number of carbonyl (C=O) groups is 1. The van der Waals surface area contributed by atoms with E-state index in [9.17, 15) is 9.18 Å². The molecule has 0 aliphatic carbocycles. The molecular weight excluding hydrogens is 269 g/mol. The quantitative estimate of drug-likeness (QED) is 0.760. The summed E-state index contributed by atoms with van der Waals surface area (Å²) in [7, 11) is 0. The number of nitrogen functional groups attached to an aromatic ring is 1. The van der Waals surface area contributed by atoms with Crippen molar-refractivity contribution in [2.75, 3.05) is 30.7 Å². The van der Waals surface area contributed by atoms with E-state index in [1.165, 1.54) is 18.2 Å². The molecule has 0 saturated heterocycles. The molecule has 0 fully saturated rings. The predicted octanol–water partition coefficient (Wildman–Crippen LogP) is 2.96. The fourth-order valence-electron chi connectivity index (χ4n) is 2.26. The Morgan fingerprint density at radius 3 is 2.29 bits per heavy atom. The molecule has 3 N–H and O–H groups in total. The SMILES string of the molecule is CC(C)CN(CC(=O)Nc1ccc(F)c(N)c1)CC(C)C. The number of carbonyl (C=O) groups excluding carboxylic acids is 1. The van der Waals surface area contributed by atoms with Crippen molar-refractivity contribution >= 4 is 17.3 Å². The van der Waals surface area contributed by atoms with Gasteiger partial charge >= 0.3 is 0 Å². The molecule has 0 unspecified atom stereocenters. The van der Waals surface area contributed by atoms with Crippen LogP contribution in [0.4, 0.5) is 15.8 Å². The van der Waals surface area contributed by atoms with E-state index in [4.69, 9.17) is 5.73 Å². The highest BCUT2D eigenvalue weighted by molar-refractivity contribution is 5.92. The van der Waals surface area contributed by atoms with Crippen LogP contribution in [0.15, 0.2) is 18.2 Å². The first-order chi connectivity index (χ1) is 9.77. The third-order valence-electron chi connectivity index (χ3n) is 2.89. The van der Waals surface area contributed by atoms with Gasteiger partial charge in [0, 0.05) is 18.8 Å². The van der Waals surface area contributed by atoms with Gasteiger partial charge in [0.15, 0.2) is 0 Å². The first kappa shape index (κ1) is 17.4. The molecule has 0 saturated carbocycles. The van der Waals surface area contributed by atoms with Gasteiger partial charge in [0.25, 0.3) is 0 Å². The zero-order chi connectivity index (χ0) is 16.0. The van der Waals surface area contributed by atoms with Gasteiger partial charge in [-0.25, -0.2) is 4.39 Å². The fourth-order valence-corrected chi connectivity index (χ4v) is 2.26. The lowest BCUT2D eigenvalue weighted by molar-refractivity contribution is -0.117. The third-order valence-corrected chi connectivity index (χ3v) is 2.89. The standard InChI is InChI=1S/C16H26FN3O/c1-11(2)8-20(9-12(3)4)10-16(21)19-13-5-6-14(17)15(18)7-13/h5-7,11-12H,8-10,18H2,1-4H3,(H,19,21). The minimum atomic E-state index is -0.478. The Morgan fingerprint density at radius 1 is 1.24 bits per heavy atom. The molecule has 0 atom stereocenters. The number of halogens is 1. The molecule has 1 amide bonds. The molecule has 1 rings (SSSR count). The van der Waals surface area contributed by atoms with Gasteiger partial charge in [-0.15, -0.1) is 0 Å². The summed E-state index contributed by atoms with van der Waals surface area (Å²) in [5.74, 6) is 0.410. The highest BCUT2D eigenvalue weighted by Gasteiger charge is 2.14. The lowest BCUT2D eigenvalue weighted by Crippen LogP contribution is -2.38. The van der Waals surface area contributed by atoms with Gasteiger partial charge in [0.1, 0.15) is 5.82 Å². The van der Waals surface area contributed by atoms with Crippen LogP contribution in [-0.4, -0.2) is 30.4 Å². The van der Waals surface area contributed by atoms with Crippen molar-refractivity contribution in [3.8, 4) is 0 Å². The number of benzene rings is 1. The van der Waals surface area contributed by atoms with E-state index >= 15 is 0 Å². The second kappa shape index (κ2) is 7.98. The smallest absolute Gasteiger partial charge is 0.238 e. The molecule has 1 aromatic carbocycles. The molecule has 0 bridgehead atoms. The van der Waals surface area contributed by atoms with E-state index in [0.717, 1.165) is 13.1 Å². The highest BCUT2D eigenvalue weighted by atomic mass is 19.1. The Morgan fingerprint density at radius 2 is 1.81 bits per heavy atom. The van der Waals surface area contributed by atoms with Crippen molar-refractivity contribution < 1.29 is 9.18 Å². The van der Waals surface area contributed by atoms with E-state index in [1.807, 2.05) is 0 Å². The summed E-state index contributed by atoms with van der Waals surface area (Å²) in [5, 5.41) is 2.76. The monoisotopic (exact) mass is 295 g/mol. The van der Waals surface area contributed by atoms with E-state index in [2.05, 4.69) is 37.9 Å². The van der Waals surface area contributed by atoms with Crippen molar-refractivity contribution in [1.29, 1.82) is 0 Å².